The standard InChI is InChI=1S/C10H16N2O2/c1-12-4-2-3-8(6-12)5-9-7-14-10(13)11-9/h3,9H,2,4-7H2,1H3,(H,11,13). The van der Waals surface area contributed by atoms with Gasteiger partial charge in [0, 0.05) is 13.1 Å². The topological polar surface area (TPSA) is 41.6 Å². The molecule has 0 aliphatic carbocycles. The van der Waals surface area contributed by atoms with E-state index in [2.05, 4.69) is 23.3 Å². The highest BCUT2D eigenvalue weighted by molar-refractivity contribution is 5.69. The van der Waals surface area contributed by atoms with Gasteiger partial charge in [-0.2, -0.15) is 0 Å². The third-order valence-corrected chi connectivity index (χ3v) is 2.66. The Kier molecular flexibility index (Phi) is 2.72. The molecule has 0 radical (unpaired) electrons. The lowest BCUT2D eigenvalue weighted by Gasteiger charge is -2.24. The van der Waals surface area contributed by atoms with Crippen LogP contribution in [0, 0.1) is 0 Å². The summed E-state index contributed by atoms with van der Waals surface area (Å²) in [6, 6.07) is 0.181. The maximum Gasteiger partial charge on any atom is 0.407 e. The fraction of sp³-hybridized carbons (Fsp3) is 0.700. The van der Waals surface area contributed by atoms with Gasteiger partial charge in [-0.15, -0.1) is 0 Å². The van der Waals surface area contributed by atoms with Crippen LogP contribution in [-0.4, -0.2) is 43.8 Å². The molecule has 1 N–H and O–H groups in total. The summed E-state index contributed by atoms with van der Waals surface area (Å²) in [6.45, 7) is 2.67. The van der Waals surface area contributed by atoms with Crippen molar-refractivity contribution in [3.63, 3.8) is 0 Å². The molecule has 4 heteroatoms. The summed E-state index contributed by atoms with van der Waals surface area (Å²) < 4.78 is 4.84. The van der Waals surface area contributed by atoms with Crippen LogP contribution in [-0.2, 0) is 4.74 Å². The predicted octanol–water partition coefficient (Wildman–Crippen LogP) is 0.747. The Morgan fingerprint density at radius 1 is 1.71 bits per heavy atom. The number of hydrogen-bond acceptors (Lipinski definition) is 3. The van der Waals surface area contributed by atoms with Crippen LogP contribution in [0.4, 0.5) is 4.79 Å². The van der Waals surface area contributed by atoms with Crippen LogP contribution >= 0.6 is 0 Å². The average molecular weight is 196 g/mol. The van der Waals surface area contributed by atoms with Gasteiger partial charge in [-0.25, -0.2) is 4.79 Å². The largest absolute Gasteiger partial charge is 0.447 e. The van der Waals surface area contributed by atoms with E-state index in [9.17, 15) is 4.79 Å². The van der Waals surface area contributed by atoms with Crippen molar-refractivity contribution in [3.8, 4) is 0 Å². The fourth-order valence-electron chi connectivity index (χ4n) is 1.98. The molecule has 2 aliphatic rings. The van der Waals surface area contributed by atoms with Crippen molar-refractivity contribution < 1.29 is 9.53 Å². The van der Waals surface area contributed by atoms with Crippen LogP contribution in [0.15, 0.2) is 11.6 Å². The number of carbonyl (C=O) groups is 1. The van der Waals surface area contributed by atoms with Gasteiger partial charge in [-0.1, -0.05) is 11.6 Å². The van der Waals surface area contributed by atoms with E-state index in [0.717, 1.165) is 25.9 Å². The molecule has 14 heavy (non-hydrogen) atoms. The number of nitrogens with one attached hydrogen (secondary N) is 1. The van der Waals surface area contributed by atoms with Crippen LogP contribution in [0.5, 0.6) is 0 Å². The summed E-state index contributed by atoms with van der Waals surface area (Å²) in [5.41, 5.74) is 1.41. The van der Waals surface area contributed by atoms with Crippen molar-refractivity contribution >= 4 is 6.09 Å². The lowest BCUT2D eigenvalue weighted by atomic mass is 10.0. The lowest BCUT2D eigenvalue weighted by molar-refractivity contribution is 0.176. The van der Waals surface area contributed by atoms with Crippen LogP contribution in [0.3, 0.4) is 0 Å². The van der Waals surface area contributed by atoms with E-state index in [1.807, 2.05) is 0 Å². The molecule has 0 spiro atoms. The first-order chi connectivity index (χ1) is 6.74. The Bertz CT molecular complexity index is 263. The minimum absolute atomic E-state index is 0.181. The second kappa shape index (κ2) is 4.00. The molecule has 1 saturated heterocycles. The highest BCUT2D eigenvalue weighted by Crippen LogP contribution is 2.15. The molecule has 4 nitrogen and oxygen atoms in total. The molecule has 1 unspecified atom stereocenters. The molecule has 0 aromatic rings. The van der Waals surface area contributed by atoms with E-state index >= 15 is 0 Å². The molecule has 2 aliphatic heterocycles. The minimum Gasteiger partial charge on any atom is -0.447 e. The maximum absolute atomic E-state index is 10.8. The highest BCUT2D eigenvalue weighted by Gasteiger charge is 2.23. The lowest BCUT2D eigenvalue weighted by Crippen LogP contribution is -2.31. The van der Waals surface area contributed by atoms with Crippen LogP contribution in [0.2, 0.25) is 0 Å². The van der Waals surface area contributed by atoms with E-state index in [4.69, 9.17) is 4.74 Å². The van der Waals surface area contributed by atoms with Crippen LogP contribution in [0.25, 0.3) is 0 Å². The van der Waals surface area contributed by atoms with Crippen molar-refractivity contribution in [2.45, 2.75) is 18.9 Å². The second-order valence-corrected chi connectivity index (χ2v) is 4.03. The van der Waals surface area contributed by atoms with Crippen LogP contribution in [0.1, 0.15) is 12.8 Å². The quantitative estimate of drug-likeness (QED) is 0.662. The average Bonchev–Trinajstić information content (AvgIpc) is 2.51. The number of ether oxygens (including phenoxy) is 1. The Morgan fingerprint density at radius 2 is 2.57 bits per heavy atom. The zero-order chi connectivity index (χ0) is 9.97. The number of cyclic esters (lactones) is 1. The summed E-state index contributed by atoms with van der Waals surface area (Å²) in [5.74, 6) is 0. The summed E-state index contributed by atoms with van der Waals surface area (Å²) in [4.78, 5) is 13.1. The summed E-state index contributed by atoms with van der Waals surface area (Å²) in [5, 5.41) is 2.80. The summed E-state index contributed by atoms with van der Waals surface area (Å²) >= 11 is 0. The molecule has 78 valence electrons. The van der Waals surface area contributed by atoms with Gasteiger partial charge in [0.05, 0.1) is 6.04 Å². The molecule has 0 saturated carbocycles. The van der Waals surface area contributed by atoms with E-state index < -0.39 is 0 Å². The van der Waals surface area contributed by atoms with E-state index in [1.54, 1.807) is 0 Å². The van der Waals surface area contributed by atoms with Crippen molar-refractivity contribution in [2.75, 3.05) is 26.7 Å². The Hall–Kier alpha value is -1.03. The van der Waals surface area contributed by atoms with E-state index in [-0.39, 0.29) is 12.1 Å². The van der Waals surface area contributed by atoms with Crippen molar-refractivity contribution in [1.82, 2.24) is 10.2 Å². The molecule has 0 aromatic heterocycles. The molecule has 2 heterocycles. The first-order valence-electron chi connectivity index (χ1n) is 5.04. The Morgan fingerprint density at radius 3 is 3.21 bits per heavy atom. The number of alkyl carbamates (subject to hydrolysis) is 1. The van der Waals surface area contributed by atoms with Gasteiger partial charge in [-0.3, -0.25) is 0 Å². The van der Waals surface area contributed by atoms with Crippen molar-refractivity contribution in [2.24, 2.45) is 0 Å². The molecule has 0 bridgehead atoms. The number of rotatable bonds is 2. The third kappa shape index (κ3) is 2.26. The molecule has 1 atom stereocenters. The van der Waals surface area contributed by atoms with Gasteiger partial charge in [0.2, 0.25) is 0 Å². The predicted molar refractivity (Wildman–Crippen MR) is 53.1 cm³/mol. The van der Waals surface area contributed by atoms with Gasteiger partial charge in [0.15, 0.2) is 0 Å². The monoisotopic (exact) mass is 196 g/mol. The van der Waals surface area contributed by atoms with E-state index in [1.165, 1.54) is 5.57 Å². The zero-order valence-corrected chi connectivity index (χ0v) is 8.45. The van der Waals surface area contributed by atoms with Gasteiger partial charge < -0.3 is 15.0 Å². The van der Waals surface area contributed by atoms with Crippen molar-refractivity contribution in [3.05, 3.63) is 11.6 Å². The second-order valence-electron chi connectivity index (χ2n) is 4.03. The minimum atomic E-state index is -0.278. The fourth-order valence-corrected chi connectivity index (χ4v) is 1.98. The SMILES string of the molecule is CN1CCC=C(CC2COC(=O)N2)C1. The number of carbonyl (C=O) groups excluding carboxylic acids is 1. The first kappa shape index (κ1) is 9.52. The number of likely N-dealkylation sites (N-methyl/N-ethyl adjacent to an activating group) is 1. The number of nitrogens with zero attached hydrogens (tertiary/aromatic N) is 1. The maximum atomic E-state index is 10.8. The first-order valence-corrected chi connectivity index (χ1v) is 5.04. The summed E-state index contributed by atoms with van der Waals surface area (Å²) in [7, 11) is 2.12. The smallest absolute Gasteiger partial charge is 0.407 e. The van der Waals surface area contributed by atoms with Gasteiger partial charge >= 0.3 is 6.09 Å². The highest BCUT2D eigenvalue weighted by atomic mass is 16.6. The third-order valence-electron chi connectivity index (χ3n) is 2.66. The van der Waals surface area contributed by atoms with Gasteiger partial charge in [-0.05, 0) is 19.9 Å². The van der Waals surface area contributed by atoms with Crippen LogP contribution < -0.4 is 5.32 Å². The Balaban J connectivity index is 1.85. The van der Waals surface area contributed by atoms with E-state index in [0.29, 0.717) is 6.61 Å². The molecule has 1 amide bonds. The number of amides is 1. The van der Waals surface area contributed by atoms with Crippen molar-refractivity contribution in [1.29, 1.82) is 0 Å². The zero-order valence-electron chi connectivity index (χ0n) is 8.45. The Labute approximate surface area is 83.9 Å². The molecular formula is C10H16N2O2. The molecule has 0 aromatic carbocycles. The normalized spacial score (nSPS) is 28.2. The molecule has 2 rings (SSSR count). The van der Waals surface area contributed by atoms with Gasteiger partial charge in [0.1, 0.15) is 6.61 Å². The number of hydrogen-bond donors (Lipinski definition) is 1. The summed E-state index contributed by atoms with van der Waals surface area (Å²) in [6.07, 6.45) is 4.05. The molecular weight excluding hydrogens is 180 g/mol. The van der Waals surface area contributed by atoms with Gasteiger partial charge in [0.25, 0.3) is 0 Å². The molecule has 1 fully saturated rings.